The van der Waals surface area contributed by atoms with Crippen LogP contribution >= 0.6 is 11.6 Å². The summed E-state index contributed by atoms with van der Waals surface area (Å²) in [5.41, 5.74) is 0.764. The van der Waals surface area contributed by atoms with Gasteiger partial charge in [-0.15, -0.1) is 0 Å². The molecule has 0 N–H and O–H groups in total. The molecule has 0 aromatic heterocycles. The van der Waals surface area contributed by atoms with Gasteiger partial charge in [-0.3, -0.25) is 0 Å². The molecule has 0 atom stereocenters. The van der Waals surface area contributed by atoms with Crippen LogP contribution in [0.4, 0.5) is 8.78 Å². The second-order valence-electron chi connectivity index (χ2n) is 9.09. The summed E-state index contributed by atoms with van der Waals surface area (Å²) in [4.78, 5) is 0. The van der Waals surface area contributed by atoms with Crippen LogP contribution in [0.1, 0.15) is 95.5 Å². The van der Waals surface area contributed by atoms with Crippen LogP contribution in [0.3, 0.4) is 0 Å². The van der Waals surface area contributed by atoms with Crippen LogP contribution in [-0.2, 0) is 0 Å². The van der Waals surface area contributed by atoms with Gasteiger partial charge in [0.25, 0.3) is 0 Å². The van der Waals surface area contributed by atoms with E-state index in [1.807, 2.05) is 0 Å². The van der Waals surface area contributed by atoms with E-state index in [-0.39, 0.29) is 10.9 Å². The van der Waals surface area contributed by atoms with Gasteiger partial charge in [0.15, 0.2) is 0 Å². The summed E-state index contributed by atoms with van der Waals surface area (Å²) in [5.74, 6) is 1.53. The molecule has 3 heteroatoms. The molecule has 3 rings (SSSR count). The molecule has 28 heavy (non-hydrogen) atoms. The quantitative estimate of drug-likeness (QED) is 0.312. The Morgan fingerprint density at radius 1 is 0.893 bits per heavy atom. The van der Waals surface area contributed by atoms with Gasteiger partial charge in [0.1, 0.15) is 16.7 Å². The van der Waals surface area contributed by atoms with Gasteiger partial charge >= 0.3 is 0 Å². The lowest BCUT2D eigenvalue weighted by Crippen LogP contribution is -2.14. The van der Waals surface area contributed by atoms with E-state index in [4.69, 9.17) is 11.6 Å². The molecule has 156 valence electrons. The van der Waals surface area contributed by atoms with Gasteiger partial charge < -0.3 is 0 Å². The summed E-state index contributed by atoms with van der Waals surface area (Å²) < 4.78 is 27.4. The molecule has 0 spiro atoms. The van der Waals surface area contributed by atoms with Crippen LogP contribution < -0.4 is 0 Å². The zero-order valence-electron chi connectivity index (χ0n) is 17.2. The Hall–Kier alpha value is -0.890. The smallest absolute Gasteiger partial charge is 0.145 e. The zero-order chi connectivity index (χ0) is 19.9. The third kappa shape index (κ3) is 6.05. The first-order valence-corrected chi connectivity index (χ1v) is 11.8. The summed E-state index contributed by atoms with van der Waals surface area (Å²) in [7, 11) is 0. The summed E-state index contributed by atoms with van der Waals surface area (Å²) in [6, 6.07) is 2.84. The molecular formula is C25H35ClF2. The van der Waals surface area contributed by atoms with Crippen LogP contribution in [0.25, 0.3) is 0 Å². The van der Waals surface area contributed by atoms with Gasteiger partial charge in [0, 0.05) is 0 Å². The lowest BCUT2D eigenvalue weighted by molar-refractivity contribution is 0.253. The average molecular weight is 409 g/mol. The highest BCUT2D eigenvalue weighted by atomic mass is 35.5. The van der Waals surface area contributed by atoms with Crippen LogP contribution in [0, 0.1) is 29.4 Å². The predicted octanol–water partition coefficient (Wildman–Crippen LogP) is 8.83. The third-order valence-electron chi connectivity index (χ3n) is 7.06. The number of hydrogen-bond acceptors (Lipinski definition) is 0. The van der Waals surface area contributed by atoms with Crippen molar-refractivity contribution in [3.05, 3.63) is 46.5 Å². The minimum absolute atomic E-state index is 0.254. The minimum Gasteiger partial charge on any atom is -0.205 e. The Kier molecular flexibility index (Phi) is 8.38. The Morgan fingerprint density at radius 3 is 2.04 bits per heavy atom. The molecule has 0 bridgehead atoms. The van der Waals surface area contributed by atoms with Crippen LogP contribution in [0.2, 0.25) is 5.02 Å². The van der Waals surface area contributed by atoms with E-state index in [0.717, 1.165) is 43.1 Å². The Morgan fingerprint density at radius 2 is 1.46 bits per heavy atom. The van der Waals surface area contributed by atoms with E-state index < -0.39 is 11.6 Å². The van der Waals surface area contributed by atoms with Crippen molar-refractivity contribution >= 4 is 11.6 Å². The molecule has 2 fully saturated rings. The molecule has 0 radical (unpaired) electrons. The minimum atomic E-state index is -0.637. The number of benzene rings is 1. The fourth-order valence-corrected chi connectivity index (χ4v) is 5.40. The first kappa shape index (κ1) is 21.8. The highest BCUT2D eigenvalue weighted by Gasteiger charge is 2.23. The van der Waals surface area contributed by atoms with Crippen molar-refractivity contribution in [2.45, 2.75) is 89.9 Å². The lowest BCUT2D eigenvalue weighted by Gasteiger charge is -2.28. The molecule has 0 nitrogen and oxygen atoms in total. The normalized spacial score (nSPS) is 28.7. The average Bonchev–Trinajstić information content (AvgIpc) is 2.71. The van der Waals surface area contributed by atoms with E-state index in [0.29, 0.717) is 5.92 Å². The molecular weight excluding hydrogens is 374 g/mol. The summed E-state index contributed by atoms with van der Waals surface area (Å²) in [6.07, 6.45) is 20.0. The van der Waals surface area contributed by atoms with E-state index >= 15 is 0 Å². The lowest BCUT2D eigenvalue weighted by atomic mass is 9.77. The first-order valence-electron chi connectivity index (χ1n) is 11.4. The Balaban J connectivity index is 1.36. The molecule has 1 aromatic rings. The van der Waals surface area contributed by atoms with E-state index in [1.54, 1.807) is 0 Å². The highest BCUT2D eigenvalue weighted by molar-refractivity contribution is 6.30. The largest absolute Gasteiger partial charge is 0.205 e. The maximum atomic E-state index is 13.7. The fourth-order valence-electron chi connectivity index (χ4n) is 5.29. The Bertz CT molecular complexity index is 615. The maximum Gasteiger partial charge on any atom is 0.145 e. The SMILES string of the molecule is CCCC1CCC(CC/C=C/C2CCC(c3cc(F)c(Cl)c(F)c3)CC2)CC1. The monoisotopic (exact) mass is 408 g/mol. The number of hydrogen-bond donors (Lipinski definition) is 0. The highest BCUT2D eigenvalue weighted by Crippen LogP contribution is 2.38. The molecule has 0 heterocycles. The van der Waals surface area contributed by atoms with Gasteiger partial charge in [0.05, 0.1) is 0 Å². The van der Waals surface area contributed by atoms with E-state index in [9.17, 15) is 8.78 Å². The summed E-state index contributed by atoms with van der Waals surface area (Å²) in [5, 5.41) is -0.390. The van der Waals surface area contributed by atoms with Crippen molar-refractivity contribution in [1.29, 1.82) is 0 Å². The number of allylic oxidation sites excluding steroid dienone is 2. The standard InChI is InChI=1S/C25H35ClF2/c1-2-5-18-8-10-19(11-9-18)6-3-4-7-20-12-14-21(15-13-20)22-16-23(27)25(26)24(28)17-22/h4,7,16-21H,2-3,5-6,8-15H2,1H3/b7-4+. The Labute approximate surface area is 174 Å². The van der Waals surface area contributed by atoms with Crippen molar-refractivity contribution in [1.82, 2.24) is 0 Å². The van der Waals surface area contributed by atoms with Crippen molar-refractivity contribution in [3.63, 3.8) is 0 Å². The molecule has 2 aliphatic rings. The molecule has 2 saturated carbocycles. The van der Waals surface area contributed by atoms with Crippen molar-refractivity contribution in [2.75, 3.05) is 0 Å². The van der Waals surface area contributed by atoms with Gasteiger partial charge in [-0.2, -0.15) is 0 Å². The van der Waals surface area contributed by atoms with Crippen LogP contribution in [0.15, 0.2) is 24.3 Å². The molecule has 0 saturated heterocycles. The van der Waals surface area contributed by atoms with Crippen molar-refractivity contribution in [3.8, 4) is 0 Å². The molecule has 0 unspecified atom stereocenters. The second-order valence-corrected chi connectivity index (χ2v) is 9.47. The maximum absolute atomic E-state index is 13.7. The number of halogens is 3. The van der Waals surface area contributed by atoms with Gasteiger partial charge in [-0.25, -0.2) is 8.78 Å². The number of rotatable bonds is 7. The fraction of sp³-hybridized carbons (Fsp3) is 0.680. The van der Waals surface area contributed by atoms with Crippen molar-refractivity contribution < 1.29 is 8.78 Å². The topological polar surface area (TPSA) is 0 Å². The van der Waals surface area contributed by atoms with Crippen LogP contribution in [-0.4, -0.2) is 0 Å². The second kappa shape index (κ2) is 10.8. The van der Waals surface area contributed by atoms with Gasteiger partial charge in [-0.05, 0) is 79.9 Å². The summed E-state index contributed by atoms with van der Waals surface area (Å²) in [6.45, 7) is 2.30. The molecule has 2 aliphatic carbocycles. The third-order valence-corrected chi connectivity index (χ3v) is 7.42. The predicted molar refractivity (Wildman–Crippen MR) is 115 cm³/mol. The van der Waals surface area contributed by atoms with Gasteiger partial charge in [-0.1, -0.05) is 69.2 Å². The zero-order valence-corrected chi connectivity index (χ0v) is 18.0. The molecule has 1 aromatic carbocycles. The van der Waals surface area contributed by atoms with E-state index in [1.165, 1.54) is 63.5 Å². The van der Waals surface area contributed by atoms with Crippen molar-refractivity contribution in [2.24, 2.45) is 17.8 Å². The summed E-state index contributed by atoms with van der Waals surface area (Å²) >= 11 is 5.60. The van der Waals surface area contributed by atoms with E-state index in [2.05, 4.69) is 19.1 Å². The van der Waals surface area contributed by atoms with Gasteiger partial charge in [0.2, 0.25) is 0 Å². The van der Waals surface area contributed by atoms with Crippen LogP contribution in [0.5, 0.6) is 0 Å². The molecule has 0 amide bonds. The molecule has 0 aliphatic heterocycles. The first-order chi connectivity index (χ1) is 13.6.